The predicted octanol–water partition coefficient (Wildman–Crippen LogP) is 2.52. The second kappa shape index (κ2) is 9.71. The average Bonchev–Trinajstić information content (AvgIpc) is 3.07. The molecule has 0 radical (unpaired) electrons. The molecule has 2 N–H and O–H groups in total. The Morgan fingerprint density at radius 3 is 2.70 bits per heavy atom. The molecule has 1 aliphatic rings. The van der Waals surface area contributed by atoms with Crippen LogP contribution in [0.4, 0.5) is 0 Å². The summed E-state index contributed by atoms with van der Waals surface area (Å²) in [6, 6.07) is 7.82. The van der Waals surface area contributed by atoms with Gasteiger partial charge in [-0.1, -0.05) is 12.1 Å². The van der Waals surface area contributed by atoms with Crippen LogP contribution in [0, 0.1) is 0 Å². The molecular formula is C19H28ClN5O2. The van der Waals surface area contributed by atoms with Gasteiger partial charge in [0, 0.05) is 12.6 Å². The molecule has 1 amide bonds. The van der Waals surface area contributed by atoms with Crippen molar-refractivity contribution in [2.75, 3.05) is 13.1 Å². The minimum absolute atomic E-state index is 0. The Morgan fingerprint density at radius 2 is 2.11 bits per heavy atom. The third-order valence-corrected chi connectivity index (χ3v) is 4.40. The molecule has 0 aliphatic carbocycles. The number of nitrogens with zero attached hydrogens (tertiary/aromatic N) is 3. The Morgan fingerprint density at radius 1 is 1.37 bits per heavy atom. The first-order valence-electron chi connectivity index (χ1n) is 9.31. The van der Waals surface area contributed by atoms with Crippen LogP contribution in [-0.4, -0.2) is 46.1 Å². The summed E-state index contributed by atoms with van der Waals surface area (Å²) in [4.78, 5) is 12.6. The summed E-state index contributed by atoms with van der Waals surface area (Å²) >= 11 is 0. The number of nitrogens with one attached hydrogen (secondary N) is 2. The van der Waals surface area contributed by atoms with Gasteiger partial charge in [0.05, 0.1) is 17.5 Å². The minimum Gasteiger partial charge on any atom is -0.491 e. The van der Waals surface area contributed by atoms with Crippen LogP contribution in [0.1, 0.15) is 49.8 Å². The molecule has 1 aromatic heterocycles. The van der Waals surface area contributed by atoms with E-state index in [2.05, 4.69) is 20.9 Å². The highest BCUT2D eigenvalue weighted by Crippen LogP contribution is 2.19. The number of hydrogen-bond acceptors (Lipinski definition) is 5. The fourth-order valence-corrected chi connectivity index (χ4v) is 3.17. The number of carbonyl (C=O) groups is 1. The molecule has 1 aromatic carbocycles. The lowest BCUT2D eigenvalue weighted by molar-refractivity contribution is 0.0924. The maximum atomic E-state index is 12.6. The van der Waals surface area contributed by atoms with E-state index in [9.17, 15) is 4.79 Å². The normalized spacial score (nSPS) is 16.7. The summed E-state index contributed by atoms with van der Waals surface area (Å²) in [5.41, 5.74) is 2.08. The first kappa shape index (κ1) is 21.2. The zero-order valence-corrected chi connectivity index (χ0v) is 16.9. The van der Waals surface area contributed by atoms with Crippen molar-refractivity contribution in [3.63, 3.8) is 0 Å². The van der Waals surface area contributed by atoms with E-state index in [1.54, 1.807) is 4.68 Å². The second-order valence-corrected chi connectivity index (χ2v) is 6.83. The van der Waals surface area contributed by atoms with E-state index < -0.39 is 0 Å². The maximum absolute atomic E-state index is 12.6. The number of aromatic nitrogens is 3. The van der Waals surface area contributed by atoms with Crippen molar-refractivity contribution in [3.8, 4) is 11.4 Å². The fraction of sp³-hybridized carbons (Fsp3) is 0.526. The molecule has 8 heteroatoms. The van der Waals surface area contributed by atoms with Gasteiger partial charge in [-0.3, -0.25) is 4.79 Å². The number of hydrogen-bond donors (Lipinski definition) is 2. The van der Waals surface area contributed by atoms with Gasteiger partial charge < -0.3 is 15.4 Å². The van der Waals surface area contributed by atoms with E-state index >= 15 is 0 Å². The molecule has 2 aromatic rings. The van der Waals surface area contributed by atoms with E-state index in [0.29, 0.717) is 12.1 Å². The van der Waals surface area contributed by atoms with E-state index in [0.717, 1.165) is 43.1 Å². The summed E-state index contributed by atoms with van der Waals surface area (Å²) in [6.45, 7) is 7.81. The van der Waals surface area contributed by atoms with Crippen molar-refractivity contribution >= 4 is 18.3 Å². The molecule has 1 aliphatic heterocycles. The Hall–Kier alpha value is -2.12. The molecule has 2 heterocycles. The highest BCUT2D eigenvalue weighted by Gasteiger charge is 2.22. The van der Waals surface area contributed by atoms with Crippen molar-refractivity contribution in [1.29, 1.82) is 0 Å². The lowest BCUT2D eigenvalue weighted by Crippen LogP contribution is -2.45. The number of benzene rings is 1. The lowest BCUT2D eigenvalue weighted by Gasteiger charge is -2.23. The number of ether oxygens (including phenoxy) is 1. The average molecular weight is 394 g/mol. The summed E-state index contributed by atoms with van der Waals surface area (Å²) in [5, 5.41) is 14.7. The smallest absolute Gasteiger partial charge is 0.274 e. The highest BCUT2D eigenvalue weighted by molar-refractivity contribution is 5.93. The number of halogens is 1. The van der Waals surface area contributed by atoms with Gasteiger partial charge in [-0.05, 0) is 63.9 Å². The van der Waals surface area contributed by atoms with Crippen molar-refractivity contribution < 1.29 is 9.53 Å². The summed E-state index contributed by atoms with van der Waals surface area (Å²) in [6.07, 6.45) is 2.86. The maximum Gasteiger partial charge on any atom is 0.274 e. The summed E-state index contributed by atoms with van der Waals surface area (Å²) in [7, 11) is 0. The zero-order valence-electron chi connectivity index (χ0n) is 16.1. The molecule has 1 saturated heterocycles. The van der Waals surface area contributed by atoms with Gasteiger partial charge in [0.2, 0.25) is 0 Å². The van der Waals surface area contributed by atoms with Crippen molar-refractivity contribution in [2.45, 2.75) is 52.2 Å². The van der Waals surface area contributed by atoms with E-state index in [-0.39, 0.29) is 30.5 Å². The Balaban J connectivity index is 0.00000261. The number of piperidine rings is 1. The monoisotopic (exact) mass is 393 g/mol. The van der Waals surface area contributed by atoms with Crippen LogP contribution in [-0.2, 0) is 6.42 Å². The largest absolute Gasteiger partial charge is 0.491 e. The predicted molar refractivity (Wildman–Crippen MR) is 107 cm³/mol. The highest BCUT2D eigenvalue weighted by atomic mass is 35.5. The van der Waals surface area contributed by atoms with Gasteiger partial charge in [-0.15, -0.1) is 17.5 Å². The number of amides is 1. The molecular weight excluding hydrogens is 366 g/mol. The lowest BCUT2D eigenvalue weighted by atomic mass is 10.1. The summed E-state index contributed by atoms with van der Waals surface area (Å²) in [5.74, 6) is 0.659. The third-order valence-electron chi connectivity index (χ3n) is 4.40. The van der Waals surface area contributed by atoms with Gasteiger partial charge in [-0.25, -0.2) is 4.68 Å². The van der Waals surface area contributed by atoms with Crippen LogP contribution in [0.25, 0.3) is 5.69 Å². The molecule has 148 valence electrons. The number of carbonyl (C=O) groups excluding carboxylic acids is 1. The Kier molecular flexibility index (Phi) is 7.62. The third kappa shape index (κ3) is 5.20. The van der Waals surface area contributed by atoms with Crippen LogP contribution in [0.2, 0.25) is 0 Å². The van der Waals surface area contributed by atoms with Crippen molar-refractivity contribution in [1.82, 2.24) is 25.6 Å². The standard InChI is InChI=1S/C19H27N5O2.ClH/c1-4-17-18(19(25)21-14-6-5-11-20-12-14)22-23-24(17)15-7-9-16(10-8-15)26-13(2)3;/h7-10,13-14,20H,4-6,11-12H2,1-3H3,(H,21,25);1H/t14-;/m0./s1. The molecule has 7 nitrogen and oxygen atoms in total. The van der Waals surface area contributed by atoms with Crippen LogP contribution in [0.5, 0.6) is 5.75 Å². The Bertz CT molecular complexity index is 739. The zero-order chi connectivity index (χ0) is 18.5. The van der Waals surface area contributed by atoms with Gasteiger partial charge in [0.25, 0.3) is 5.91 Å². The molecule has 0 saturated carbocycles. The first-order chi connectivity index (χ1) is 12.6. The topological polar surface area (TPSA) is 81.1 Å². The molecule has 1 fully saturated rings. The SMILES string of the molecule is CCc1c(C(=O)N[C@H]2CCCNC2)nnn1-c1ccc(OC(C)C)cc1.Cl. The van der Waals surface area contributed by atoms with Crippen molar-refractivity contribution in [2.24, 2.45) is 0 Å². The van der Waals surface area contributed by atoms with E-state index in [1.165, 1.54) is 0 Å². The minimum atomic E-state index is -0.151. The van der Waals surface area contributed by atoms with Gasteiger partial charge in [0.1, 0.15) is 5.75 Å². The van der Waals surface area contributed by atoms with Gasteiger partial charge >= 0.3 is 0 Å². The Labute approximate surface area is 166 Å². The van der Waals surface area contributed by atoms with E-state index in [1.807, 2.05) is 45.0 Å². The van der Waals surface area contributed by atoms with E-state index in [4.69, 9.17) is 4.74 Å². The molecule has 3 rings (SSSR count). The van der Waals surface area contributed by atoms with Gasteiger partial charge in [-0.2, -0.15) is 0 Å². The molecule has 0 spiro atoms. The molecule has 0 unspecified atom stereocenters. The summed E-state index contributed by atoms with van der Waals surface area (Å²) < 4.78 is 7.40. The van der Waals surface area contributed by atoms with Crippen LogP contribution in [0.3, 0.4) is 0 Å². The molecule has 0 bridgehead atoms. The van der Waals surface area contributed by atoms with Crippen LogP contribution >= 0.6 is 12.4 Å². The second-order valence-electron chi connectivity index (χ2n) is 6.83. The first-order valence-corrected chi connectivity index (χ1v) is 9.31. The fourth-order valence-electron chi connectivity index (χ4n) is 3.17. The molecule has 1 atom stereocenters. The quantitative estimate of drug-likeness (QED) is 0.788. The molecule has 27 heavy (non-hydrogen) atoms. The van der Waals surface area contributed by atoms with Crippen LogP contribution < -0.4 is 15.4 Å². The van der Waals surface area contributed by atoms with Crippen LogP contribution in [0.15, 0.2) is 24.3 Å². The van der Waals surface area contributed by atoms with Crippen molar-refractivity contribution in [3.05, 3.63) is 35.7 Å². The van der Waals surface area contributed by atoms with Gasteiger partial charge in [0.15, 0.2) is 5.69 Å². The number of rotatable bonds is 6.